The summed E-state index contributed by atoms with van der Waals surface area (Å²) < 4.78 is 5.38. The van der Waals surface area contributed by atoms with Gasteiger partial charge in [0.15, 0.2) is 0 Å². The first-order chi connectivity index (χ1) is 15.9. The van der Waals surface area contributed by atoms with Crippen LogP contribution in [-0.4, -0.2) is 35.8 Å². The molecule has 1 atom stereocenters. The molecule has 3 rings (SSSR count). The number of nitrogens with one attached hydrogen (secondary N) is 1. The van der Waals surface area contributed by atoms with E-state index in [0.717, 1.165) is 23.1 Å². The molecule has 0 aromatic heterocycles. The smallest absolute Gasteiger partial charge is 0.336 e. The van der Waals surface area contributed by atoms with E-state index in [-0.39, 0.29) is 37.3 Å². The molecule has 0 saturated heterocycles. The molecule has 6 nitrogen and oxygen atoms in total. The minimum atomic E-state index is -0.395. The highest BCUT2D eigenvalue weighted by molar-refractivity contribution is 5.96. The Kier molecular flexibility index (Phi) is 8.04. The van der Waals surface area contributed by atoms with E-state index in [2.05, 4.69) is 5.32 Å². The molecular formula is C27H32N2O4. The number of benzene rings is 2. The van der Waals surface area contributed by atoms with Gasteiger partial charge >= 0.3 is 5.97 Å². The maximum Gasteiger partial charge on any atom is 0.336 e. The van der Waals surface area contributed by atoms with E-state index < -0.39 is 5.97 Å². The number of carbonyl (C=O) groups is 3. The zero-order chi connectivity index (χ0) is 24.0. The normalized spacial score (nSPS) is 16.1. The summed E-state index contributed by atoms with van der Waals surface area (Å²) in [6.07, 6.45) is 1.05. The van der Waals surface area contributed by atoms with Crippen LogP contribution in [0.25, 0.3) is 0 Å². The molecular weight excluding hydrogens is 416 g/mol. The molecule has 1 aliphatic heterocycles. The first-order valence-electron chi connectivity index (χ1n) is 11.5. The number of rotatable bonds is 8. The standard InChI is InChI=1S/C27H32N2O4/c1-5-14-28-26(31)21-12-9-11-20(15-21)17-29-19(4)25(27(32)33-6-2)23(16-24(29)30)22-13-8-7-10-18(22)3/h7-13,15,23H,5-6,14,16-17H2,1-4H3,(H,28,31). The van der Waals surface area contributed by atoms with Crippen LogP contribution < -0.4 is 5.32 Å². The van der Waals surface area contributed by atoms with Crippen LogP contribution in [0.3, 0.4) is 0 Å². The third-order valence-electron chi connectivity index (χ3n) is 5.95. The molecule has 33 heavy (non-hydrogen) atoms. The van der Waals surface area contributed by atoms with Gasteiger partial charge in [-0.1, -0.05) is 43.3 Å². The first kappa shape index (κ1) is 24.2. The third kappa shape index (κ3) is 5.51. The SMILES string of the molecule is CCCNC(=O)c1cccc(CN2C(=O)CC(c3ccccc3C)C(C(=O)OCC)=C2C)c1. The van der Waals surface area contributed by atoms with E-state index >= 15 is 0 Å². The van der Waals surface area contributed by atoms with Crippen molar-refractivity contribution < 1.29 is 19.1 Å². The van der Waals surface area contributed by atoms with E-state index in [1.807, 2.05) is 50.2 Å². The van der Waals surface area contributed by atoms with Crippen LogP contribution in [-0.2, 0) is 20.9 Å². The molecule has 2 aromatic carbocycles. The highest BCUT2D eigenvalue weighted by atomic mass is 16.5. The van der Waals surface area contributed by atoms with Crippen molar-refractivity contribution in [2.75, 3.05) is 13.2 Å². The summed E-state index contributed by atoms with van der Waals surface area (Å²) in [5.41, 5.74) is 4.48. The second kappa shape index (κ2) is 10.9. The summed E-state index contributed by atoms with van der Waals surface area (Å²) in [7, 11) is 0. The van der Waals surface area contributed by atoms with E-state index in [1.54, 1.807) is 30.9 Å². The maximum atomic E-state index is 13.3. The van der Waals surface area contributed by atoms with Gasteiger partial charge in [-0.15, -0.1) is 0 Å². The van der Waals surface area contributed by atoms with Crippen LogP contribution in [0.1, 0.15) is 66.6 Å². The van der Waals surface area contributed by atoms with Crippen LogP contribution in [0.15, 0.2) is 59.8 Å². The van der Waals surface area contributed by atoms with Crippen molar-refractivity contribution in [2.24, 2.45) is 0 Å². The molecule has 2 amide bonds. The van der Waals surface area contributed by atoms with Gasteiger partial charge in [-0.2, -0.15) is 0 Å². The van der Waals surface area contributed by atoms with E-state index in [4.69, 9.17) is 4.74 Å². The Balaban J connectivity index is 1.96. The number of allylic oxidation sites excluding steroid dienone is 1. The van der Waals surface area contributed by atoms with Crippen molar-refractivity contribution in [3.8, 4) is 0 Å². The van der Waals surface area contributed by atoms with E-state index in [9.17, 15) is 14.4 Å². The quantitative estimate of drug-likeness (QED) is 0.604. The van der Waals surface area contributed by atoms with Gasteiger partial charge in [0.1, 0.15) is 0 Å². The molecule has 1 unspecified atom stereocenters. The third-order valence-corrected chi connectivity index (χ3v) is 5.95. The number of hydrogen-bond acceptors (Lipinski definition) is 4. The fourth-order valence-electron chi connectivity index (χ4n) is 4.25. The average Bonchev–Trinajstić information content (AvgIpc) is 2.80. The highest BCUT2D eigenvalue weighted by Gasteiger charge is 2.37. The van der Waals surface area contributed by atoms with Gasteiger partial charge in [-0.3, -0.25) is 9.59 Å². The zero-order valence-corrected chi connectivity index (χ0v) is 19.8. The number of amides is 2. The molecule has 0 bridgehead atoms. The van der Waals surface area contributed by atoms with Gasteiger partial charge in [-0.05, 0) is 56.0 Å². The fraction of sp³-hybridized carbons (Fsp3) is 0.370. The molecule has 0 saturated carbocycles. The number of nitrogens with zero attached hydrogens (tertiary/aromatic N) is 1. The van der Waals surface area contributed by atoms with Crippen LogP contribution in [0.4, 0.5) is 0 Å². The lowest BCUT2D eigenvalue weighted by molar-refractivity contribution is -0.140. The Morgan fingerprint density at radius 3 is 2.55 bits per heavy atom. The fourth-order valence-corrected chi connectivity index (χ4v) is 4.25. The van der Waals surface area contributed by atoms with E-state index in [0.29, 0.717) is 23.4 Å². The van der Waals surface area contributed by atoms with Crippen molar-refractivity contribution >= 4 is 17.8 Å². The van der Waals surface area contributed by atoms with Gasteiger partial charge < -0.3 is 15.0 Å². The average molecular weight is 449 g/mol. The zero-order valence-electron chi connectivity index (χ0n) is 19.8. The Hall–Kier alpha value is -3.41. The Labute approximate surface area is 195 Å². The predicted octanol–water partition coefficient (Wildman–Crippen LogP) is 4.49. The largest absolute Gasteiger partial charge is 0.463 e. The van der Waals surface area contributed by atoms with Crippen LogP contribution in [0.2, 0.25) is 0 Å². The molecule has 1 heterocycles. The van der Waals surface area contributed by atoms with Crippen LogP contribution >= 0.6 is 0 Å². The highest BCUT2D eigenvalue weighted by Crippen LogP contribution is 2.38. The molecule has 0 spiro atoms. The number of aryl methyl sites for hydroxylation is 1. The molecule has 0 radical (unpaired) electrons. The van der Waals surface area contributed by atoms with Gasteiger partial charge in [0.25, 0.3) is 5.91 Å². The summed E-state index contributed by atoms with van der Waals surface area (Å²) in [5.74, 6) is -0.939. The number of ether oxygens (including phenoxy) is 1. The van der Waals surface area contributed by atoms with Crippen molar-refractivity contribution in [1.82, 2.24) is 10.2 Å². The van der Waals surface area contributed by atoms with Gasteiger partial charge in [0, 0.05) is 30.1 Å². The summed E-state index contributed by atoms with van der Waals surface area (Å²) in [5, 5.41) is 2.87. The lowest BCUT2D eigenvalue weighted by Gasteiger charge is -2.35. The molecule has 0 fully saturated rings. The second-order valence-electron chi connectivity index (χ2n) is 8.27. The number of carbonyl (C=O) groups excluding carboxylic acids is 3. The molecule has 6 heteroatoms. The van der Waals surface area contributed by atoms with Gasteiger partial charge in [0.2, 0.25) is 5.91 Å². The molecule has 2 aromatic rings. The van der Waals surface area contributed by atoms with Crippen LogP contribution in [0, 0.1) is 6.92 Å². The number of esters is 1. The van der Waals surface area contributed by atoms with E-state index in [1.165, 1.54) is 0 Å². The minimum absolute atomic E-state index is 0.0605. The summed E-state index contributed by atoms with van der Waals surface area (Å²) in [4.78, 5) is 40.2. The summed E-state index contributed by atoms with van der Waals surface area (Å²) in [6, 6.07) is 15.1. The molecule has 1 aliphatic rings. The Bertz CT molecular complexity index is 1070. The van der Waals surface area contributed by atoms with Crippen molar-refractivity contribution in [2.45, 2.75) is 53.0 Å². The van der Waals surface area contributed by atoms with Gasteiger partial charge in [0.05, 0.1) is 18.7 Å². The number of hydrogen-bond donors (Lipinski definition) is 1. The molecule has 174 valence electrons. The minimum Gasteiger partial charge on any atom is -0.463 e. The topological polar surface area (TPSA) is 75.7 Å². The van der Waals surface area contributed by atoms with Crippen molar-refractivity contribution in [1.29, 1.82) is 0 Å². The monoisotopic (exact) mass is 448 g/mol. The maximum absolute atomic E-state index is 13.3. The molecule has 0 aliphatic carbocycles. The predicted molar refractivity (Wildman–Crippen MR) is 127 cm³/mol. The summed E-state index contributed by atoms with van der Waals surface area (Å²) >= 11 is 0. The van der Waals surface area contributed by atoms with Crippen LogP contribution in [0.5, 0.6) is 0 Å². The van der Waals surface area contributed by atoms with Crippen molar-refractivity contribution in [3.05, 3.63) is 82.1 Å². The van der Waals surface area contributed by atoms with Gasteiger partial charge in [-0.25, -0.2) is 4.79 Å². The lowest BCUT2D eigenvalue weighted by atomic mass is 9.81. The Morgan fingerprint density at radius 2 is 1.85 bits per heavy atom. The summed E-state index contributed by atoms with van der Waals surface area (Å²) in [6.45, 7) is 8.71. The lowest BCUT2D eigenvalue weighted by Crippen LogP contribution is -2.38. The molecule has 1 N–H and O–H groups in total. The first-order valence-corrected chi connectivity index (χ1v) is 11.5. The Morgan fingerprint density at radius 1 is 1.09 bits per heavy atom. The van der Waals surface area contributed by atoms with Crippen molar-refractivity contribution in [3.63, 3.8) is 0 Å². The second-order valence-corrected chi connectivity index (χ2v) is 8.27.